The van der Waals surface area contributed by atoms with Crippen molar-refractivity contribution in [1.82, 2.24) is 9.78 Å². The first kappa shape index (κ1) is 20.9. The largest absolute Gasteiger partial charge is 0.490 e. The average molecular weight is 396 g/mol. The van der Waals surface area contributed by atoms with Crippen molar-refractivity contribution in [3.8, 4) is 5.75 Å². The number of nitrogens with one attached hydrogen (secondary N) is 1. The maximum atomic E-state index is 12.9. The first-order chi connectivity index (χ1) is 12.6. The number of carbonyl (C=O) groups excluding carboxylic acids is 1. The lowest BCUT2D eigenvalue weighted by Gasteiger charge is -2.15. The van der Waals surface area contributed by atoms with Gasteiger partial charge in [-0.05, 0) is 32.9 Å². The van der Waals surface area contributed by atoms with Gasteiger partial charge in [-0.3, -0.25) is 14.3 Å². The number of ketones is 1. The van der Waals surface area contributed by atoms with E-state index >= 15 is 0 Å². The predicted molar refractivity (Wildman–Crippen MR) is 101 cm³/mol. The first-order valence-electron chi connectivity index (χ1n) is 8.39. The Morgan fingerprint density at radius 1 is 1.22 bits per heavy atom. The first-order valence-corrected chi connectivity index (χ1v) is 10.3. The number of aromatic amines is 1. The Bertz CT molecular complexity index is 1000. The van der Waals surface area contributed by atoms with Gasteiger partial charge < -0.3 is 14.6 Å². The van der Waals surface area contributed by atoms with E-state index in [1.165, 1.54) is 30.1 Å². The molecule has 1 heterocycles. The highest BCUT2D eigenvalue weighted by molar-refractivity contribution is 7.90. The van der Waals surface area contributed by atoms with Crippen LogP contribution in [0.15, 0.2) is 28.0 Å². The van der Waals surface area contributed by atoms with Crippen LogP contribution in [0.3, 0.4) is 0 Å². The van der Waals surface area contributed by atoms with Gasteiger partial charge >= 0.3 is 0 Å². The smallest absolute Gasteiger partial charge is 0.277 e. The van der Waals surface area contributed by atoms with Crippen LogP contribution < -0.4 is 10.3 Å². The Hall–Kier alpha value is -2.39. The van der Waals surface area contributed by atoms with Crippen LogP contribution in [0, 0.1) is 6.92 Å². The van der Waals surface area contributed by atoms with Gasteiger partial charge in [0.1, 0.15) is 22.8 Å². The van der Waals surface area contributed by atoms with E-state index in [2.05, 4.69) is 5.10 Å². The summed E-state index contributed by atoms with van der Waals surface area (Å²) in [7, 11) is -2.07. The molecular weight excluding hydrogens is 372 g/mol. The zero-order valence-electron chi connectivity index (χ0n) is 16.0. The molecule has 0 amide bonds. The van der Waals surface area contributed by atoms with Crippen molar-refractivity contribution >= 4 is 15.6 Å². The third-order valence-electron chi connectivity index (χ3n) is 4.11. The van der Waals surface area contributed by atoms with Gasteiger partial charge in [0.2, 0.25) is 5.78 Å². The molecule has 0 atom stereocenters. The maximum Gasteiger partial charge on any atom is 0.277 e. The average Bonchev–Trinajstić information content (AvgIpc) is 2.96. The molecule has 9 heteroatoms. The number of aromatic nitrogens is 2. The highest BCUT2D eigenvalue weighted by Gasteiger charge is 2.24. The fraction of sp³-hybridized carbons (Fsp3) is 0.444. The van der Waals surface area contributed by atoms with Crippen LogP contribution in [-0.2, 0) is 14.6 Å². The predicted octanol–water partition coefficient (Wildman–Crippen LogP) is 1.73. The van der Waals surface area contributed by atoms with Crippen molar-refractivity contribution in [2.45, 2.75) is 31.7 Å². The number of rotatable bonds is 8. The van der Waals surface area contributed by atoms with Gasteiger partial charge in [-0.25, -0.2) is 8.42 Å². The van der Waals surface area contributed by atoms with Crippen LogP contribution in [-0.4, -0.2) is 50.6 Å². The number of H-pyrrole nitrogens is 1. The molecule has 8 nitrogen and oxygen atoms in total. The second-order valence-corrected chi connectivity index (χ2v) is 8.45. The molecule has 0 saturated heterocycles. The van der Waals surface area contributed by atoms with E-state index in [1.807, 2.05) is 13.8 Å². The minimum Gasteiger partial charge on any atom is -0.490 e. The van der Waals surface area contributed by atoms with Gasteiger partial charge in [0.25, 0.3) is 5.56 Å². The lowest BCUT2D eigenvalue weighted by molar-refractivity contribution is 0.103. The zero-order valence-corrected chi connectivity index (χ0v) is 16.8. The minimum atomic E-state index is -3.56. The highest BCUT2D eigenvalue weighted by atomic mass is 32.2. The Balaban J connectivity index is 2.56. The van der Waals surface area contributed by atoms with Crippen LogP contribution in [0.25, 0.3) is 0 Å². The molecule has 1 aromatic carbocycles. The molecule has 0 spiro atoms. The monoisotopic (exact) mass is 396 g/mol. The molecular formula is C18H24N2O6S. The molecule has 27 heavy (non-hydrogen) atoms. The Morgan fingerprint density at radius 3 is 2.41 bits per heavy atom. The minimum absolute atomic E-state index is 0.0123. The number of ether oxygens (including phenoxy) is 2. The topological polar surface area (TPSA) is 107 Å². The molecule has 0 fully saturated rings. The van der Waals surface area contributed by atoms with E-state index in [1.54, 1.807) is 6.92 Å². The van der Waals surface area contributed by atoms with Crippen molar-refractivity contribution in [1.29, 1.82) is 0 Å². The number of hydrogen-bond acceptors (Lipinski definition) is 6. The van der Waals surface area contributed by atoms with Crippen LogP contribution in [0.4, 0.5) is 0 Å². The van der Waals surface area contributed by atoms with Gasteiger partial charge in [-0.15, -0.1) is 0 Å². The normalized spacial score (nSPS) is 11.8. The third-order valence-corrected chi connectivity index (χ3v) is 5.23. The van der Waals surface area contributed by atoms with E-state index in [0.717, 1.165) is 6.26 Å². The fourth-order valence-corrected chi connectivity index (χ4v) is 3.55. The van der Waals surface area contributed by atoms with Crippen molar-refractivity contribution in [3.05, 3.63) is 45.4 Å². The number of nitrogens with zero attached hydrogens (tertiary/aromatic N) is 1. The van der Waals surface area contributed by atoms with E-state index in [9.17, 15) is 18.0 Å². The summed E-state index contributed by atoms with van der Waals surface area (Å²) >= 11 is 0. The van der Waals surface area contributed by atoms with Crippen LogP contribution in [0.1, 0.15) is 41.4 Å². The van der Waals surface area contributed by atoms with E-state index < -0.39 is 21.2 Å². The van der Waals surface area contributed by atoms with Crippen molar-refractivity contribution in [3.63, 3.8) is 0 Å². The highest BCUT2D eigenvalue weighted by Crippen LogP contribution is 2.31. The summed E-state index contributed by atoms with van der Waals surface area (Å²) in [4.78, 5) is 25.3. The summed E-state index contributed by atoms with van der Waals surface area (Å²) in [5.41, 5.74) is 0.128. The lowest BCUT2D eigenvalue weighted by atomic mass is 10.0. The summed E-state index contributed by atoms with van der Waals surface area (Å²) in [5, 5.41) is 2.78. The molecule has 148 valence electrons. The molecule has 2 aromatic rings. The molecule has 0 radical (unpaired) electrons. The number of methoxy groups -OCH3 is 1. The second kappa shape index (κ2) is 8.10. The Morgan fingerprint density at radius 2 is 1.89 bits per heavy atom. The summed E-state index contributed by atoms with van der Waals surface area (Å²) in [6.07, 6.45) is 2.43. The molecule has 0 aliphatic heterocycles. The van der Waals surface area contributed by atoms with Gasteiger partial charge in [-0.1, -0.05) is 0 Å². The summed E-state index contributed by atoms with van der Waals surface area (Å²) in [5.74, 6) is -0.398. The van der Waals surface area contributed by atoms with E-state index in [-0.39, 0.29) is 41.0 Å². The third kappa shape index (κ3) is 4.30. The number of hydrogen-bond donors (Lipinski definition) is 1. The van der Waals surface area contributed by atoms with E-state index in [0.29, 0.717) is 5.56 Å². The molecule has 0 aliphatic rings. The quantitative estimate of drug-likeness (QED) is 0.538. The van der Waals surface area contributed by atoms with Gasteiger partial charge in [0, 0.05) is 36.7 Å². The molecule has 0 aliphatic carbocycles. The molecule has 0 saturated carbocycles. The van der Waals surface area contributed by atoms with Crippen LogP contribution in [0.2, 0.25) is 0 Å². The summed E-state index contributed by atoms with van der Waals surface area (Å²) in [6.45, 7) is 5.62. The molecule has 0 bridgehead atoms. The zero-order chi connectivity index (χ0) is 20.4. The fourth-order valence-electron chi connectivity index (χ4n) is 2.69. The number of benzene rings is 1. The summed E-state index contributed by atoms with van der Waals surface area (Å²) < 4.78 is 36.0. The molecule has 2 rings (SSSR count). The van der Waals surface area contributed by atoms with Crippen LogP contribution in [0.5, 0.6) is 5.75 Å². The van der Waals surface area contributed by atoms with Gasteiger partial charge in [-0.2, -0.15) is 0 Å². The molecule has 0 unspecified atom stereocenters. The SMILES string of the molecule is COCCOc1c(S(C)(=O)=O)ccc(C(=O)c2c[nH]n(C(C)C)c2=O)c1C. The van der Waals surface area contributed by atoms with Crippen molar-refractivity contribution in [2.75, 3.05) is 26.6 Å². The summed E-state index contributed by atoms with van der Waals surface area (Å²) in [6, 6.07) is 2.61. The van der Waals surface area contributed by atoms with Crippen LogP contribution >= 0.6 is 0 Å². The number of sulfone groups is 1. The van der Waals surface area contributed by atoms with Crippen molar-refractivity contribution < 1.29 is 22.7 Å². The lowest BCUT2D eigenvalue weighted by Crippen LogP contribution is -2.23. The van der Waals surface area contributed by atoms with Gasteiger partial charge in [0.05, 0.1) is 6.61 Å². The molecule has 1 N–H and O–H groups in total. The Kier molecular flexibility index (Phi) is 6.27. The molecule has 1 aromatic heterocycles. The van der Waals surface area contributed by atoms with Crippen molar-refractivity contribution in [2.24, 2.45) is 0 Å². The number of carbonyl (C=O) groups is 1. The standard InChI is InChI=1S/C18H24N2O6S/c1-11(2)20-18(22)14(10-19-20)16(21)13-6-7-15(27(5,23)24)17(12(13)3)26-9-8-25-4/h6-7,10-11,19H,8-9H2,1-5H3. The van der Waals surface area contributed by atoms with Gasteiger partial charge in [0.15, 0.2) is 9.84 Å². The second-order valence-electron chi connectivity index (χ2n) is 6.46. The van der Waals surface area contributed by atoms with E-state index in [4.69, 9.17) is 9.47 Å². The maximum absolute atomic E-state index is 12.9. The Labute approximate surface area is 158 Å².